The Morgan fingerprint density at radius 3 is 2.64 bits per heavy atom. The molecule has 3 rings (SSSR count). The number of thioether (sulfide) groups is 1. The number of rotatable bonds is 6. The third-order valence-electron chi connectivity index (χ3n) is 5.43. The second-order valence-corrected chi connectivity index (χ2v) is 8.58. The minimum absolute atomic E-state index is 0. The number of benzene rings is 1. The number of carbonyl (C=O) groups is 1. The lowest BCUT2D eigenvalue weighted by Gasteiger charge is -2.26. The lowest BCUT2D eigenvalue weighted by atomic mass is 9.88. The molecule has 1 aromatic rings. The summed E-state index contributed by atoms with van der Waals surface area (Å²) in [4.78, 5) is 20.4. The third-order valence-corrected chi connectivity index (χ3v) is 6.44. The number of halogens is 1. The van der Waals surface area contributed by atoms with Crippen LogP contribution in [0.25, 0.3) is 0 Å². The second-order valence-electron chi connectivity index (χ2n) is 7.41. The van der Waals surface area contributed by atoms with Crippen molar-refractivity contribution >= 4 is 47.6 Å². The van der Waals surface area contributed by atoms with Gasteiger partial charge in [-0.15, -0.1) is 35.7 Å². The molecule has 7 heteroatoms. The molecule has 1 aliphatic carbocycles. The molecule has 5 nitrogen and oxygen atoms in total. The van der Waals surface area contributed by atoms with Crippen LogP contribution in [0.15, 0.2) is 40.2 Å². The van der Waals surface area contributed by atoms with Gasteiger partial charge in [0, 0.05) is 49.3 Å². The van der Waals surface area contributed by atoms with E-state index in [1.165, 1.54) is 24.2 Å². The highest BCUT2D eigenvalue weighted by Crippen LogP contribution is 2.26. The zero-order valence-corrected chi connectivity index (χ0v) is 19.9. The summed E-state index contributed by atoms with van der Waals surface area (Å²) in [6.45, 7) is 2.53. The van der Waals surface area contributed by atoms with Crippen LogP contribution in [0.3, 0.4) is 0 Å². The molecule has 0 bridgehead atoms. The van der Waals surface area contributed by atoms with E-state index in [2.05, 4.69) is 44.8 Å². The van der Waals surface area contributed by atoms with Gasteiger partial charge in [0.25, 0.3) is 0 Å². The molecule has 1 saturated carbocycles. The highest BCUT2D eigenvalue weighted by Gasteiger charge is 2.31. The van der Waals surface area contributed by atoms with Gasteiger partial charge < -0.3 is 15.5 Å². The summed E-state index contributed by atoms with van der Waals surface area (Å²) in [5, 5.41) is 6.88. The first kappa shape index (κ1) is 23.3. The van der Waals surface area contributed by atoms with Crippen molar-refractivity contribution in [1.29, 1.82) is 0 Å². The molecule has 1 saturated heterocycles. The van der Waals surface area contributed by atoms with Crippen LogP contribution < -0.4 is 10.6 Å². The Bertz CT molecular complexity index is 622. The number of amides is 1. The highest BCUT2D eigenvalue weighted by atomic mass is 127. The van der Waals surface area contributed by atoms with Crippen LogP contribution in [0.1, 0.15) is 38.5 Å². The molecule has 2 aliphatic rings. The normalized spacial score (nSPS) is 20.5. The Morgan fingerprint density at radius 2 is 1.93 bits per heavy atom. The Labute approximate surface area is 190 Å². The van der Waals surface area contributed by atoms with Crippen LogP contribution in [0.4, 0.5) is 0 Å². The van der Waals surface area contributed by atoms with Gasteiger partial charge in [-0.05, 0) is 31.4 Å². The molecule has 156 valence electrons. The van der Waals surface area contributed by atoms with Crippen molar-refractivity contribution in [1.82, 2.24) is 15.5 Å². The maximum absolute atomic E-state index is 12.7. The molecular weight excluding hydrogens is 483 g/mol. The van der Waals surface area contributed by atoms with Gasteiger partial charge in [-0.3, -0.25) is 9.79 Å². The number of hydrogen-bond donors (Lipinski definition) is 2. The standard InChI is InChI=1S/C21H32N4OS.HI/c1-22-21(23-13-15-27-19-10-6-3-7-11-19)24-18-12-14-25(16-18)20(26)17-8-4-2-5-9-17;/h3,6-7,10-11,17-18H,2,4-5,8-9,12-16H2,1H3,(H2,22,23,24);1H. The fourth-order valence-electron chi connectivity index (χ4n) is 3.93. The van der Waals surface area contributed by atoms with Crippen LogP contribution in [-0.2, 0) is 4.79 Å². The summed E-state index contributed by atoms with van der Waals surface area (Å²) in [6, 6.07) is 10.7. The molecule has 28 heavy (non-hydrogen) atoms. The minimum atomic E-state index is 0. The van der Waals surface area contributed by atoms with Gasteiger partial charge in [0.15, 0.2) is 5.96 Å². The predicted molar refractivity (Wildman–Crippen MR) is 129 cm³/mol. The van der Waals surface area contributed by atoms with Crippen LogP contribution in [0, 0.1) is 5.92 Å². The first-order valence-electron chi connectivity index (χ1n) is 10.2. The number of nitrogens with zero attached hydrogens (tertiary/aromatic N) is 2. The van der Waals surface area contributed by atoms with Crippen molar-refractivity contribution < 1.29 is 4.79 Å². The molecule has 1 unspecified atom stereocenters. The van der Waals surface area contributed by atoms with Crippen molar-refractivity contribution in [2.75, 3.05) is 32.4 Å². The van der Waals surface area contributed by atoms with E-state index < -0.39 is 0 Å². The summed E-state index contributed by atoms with van der Waals surface area (Å²) in [5.41, 5.74) is 0. The number of hydrogen-bond acceptors (Lipinski definition) is 3. The Balaban J connectivity index is 0.00000280. The topological polar surface area (TPSA) is 56.7 Å². The minimum Gasteiger partial charge on any atom is -0.356 e. The SMILES string of the molecule is CN=C(NCCSc1ccccc1)NC1CCN(C(=O)C2CCCCC2)C1.I. The van der Waals surface area contributed by atoms with Crippen LogP contribution in [-0.4, -0.2) is 55.2 Å². The van der Waals surface area contributed by atoms with E-state index in [1.807, 2.05) is 17.8 Å². The quantitative estimate of drug-likeness (QED) is 0.199. The van der Waals surface area contributed by atoms with Gasteiger partial charge in [0.05, 0.1) is 0 Å². The maximum Gasteiger partial charge on any atom is 0.225 e. The summed E-state index contributed by atoms with van der Waals surface area (Å²) < 4.78 is 0. The van der Waals surface area contributed by atoms with Crippen molar-refractivity contribution in [2.24, 2.45) is 10.9 Å². The summed E-state index contributed by atoms with van der Waals surface area (Å²) >= 11 is 1.84. The maximum atomic E-state index is 12.7. The third kappa shape index (κ3) is 7.13. The van der Waals surface area contributed by atoms with Crippen molar-refractivity contribution in [2.45, 2.75) is 49.5 Å². The monoisotopic (exact) mass is 516 g/mol. The molecule has 1 amide bonds. The molecular formula is C21H33IN4OS. The largest absolute Gasteiger partial charge is 0.356 e. The first-order chi connectivity index (χ1) is 13.3. The van der Waals surface area contributed by atoms with E-state index in [0.29, 0.717) is 11.9 Å². The van der Waals surface area contributed by atoms with Gasteiger partial charge in [-0.1, -0.05) is 37.5 Å². The average Bonchev–Trinajstić information content (AvgIpc) is 3.19. The zero-order valence-electron chi connectivity index (χ0n) is 16.7. The smallest absolute Gasteiger partial charge is 0.225 e. The fourth-order valence-corrected chi connectivity index (χ4v) is 4.72. The van der Waals surface area contributed by atoms with Crippen molar-refractivity contribution in [3.05, 3.63) is 30.3 Å². The number of nitrogens with one attached hydrogen (secondary N) is 2. The van der Waals surface area contributed by atoms with Gasteiger partial charge in [-0.25, -0.2) is 0 Å². The van der Waals surface area contributed by atoms with Gasteiger partial charge in [0.2, 0.25) is 5.91 Å². The van der Waals surface area contributed by atoms with E-state index in [1.54, 1.807) is 7.05 Å². The Kier molecular flexibility index (Phi) is 10.5. The predicted octanol–water partition coefficient (Wildman–Crippen LogP) is 3.74. The van der Waals surface area contributed by atoms with E-state index in [9.17, 15) is 4.79 Å². The van der Waals surface area contributed by atoms with E-state index in [4.69, 9.17) is 0 Å². The lowest BCUT2D eigenvalue weighted by Crippen LogP contribution is -2.46. The number of likely N-dealkylation sites (tertiary alicyclic amines) is 1. The molecule has 1 aliphatic heterocycles. The molecule has 1 aromatic carbocycles. The zero-order chi connectivity index (χ0) is 18.9. The van der Waals surface area contributed by atoms with Crippen molar-refractivity contribution in [3.63, 3.8) is 0 Å². The lowest BCUT2D eigenvalue weighted by molar-refractivity contribution is -0.135. The molecule has 1 atom stereocenters. The van der Waals surface area contributed by atoms with Gasteiger partial charge in [-0.2, -0.15) is 0 Å². The van der Waals surface area contributed by atoms with E-state index in [-0.39, 0.29) is 29.9 Å². The van der Waals surface area contributed by atoms with E-state index >= 15 is 0 Å². The number of aliphatic imine (C=N–C) groups is 1. The summed E-state index contributed by atoms with van der Waals surface area (Å²) in [7, 11) is 1.81. The van der Waals surface area contributed by atoms with Crippen molar-refractivity contribution in [3.8, 4) is 0 Å². The first-order valence-corrected chi connectivity index (χ1v) is 11.2. The summed E-state index contributed by atoms with van der Waals surface area (Å²) in [6.07, 6.45) is 6.87. The Hall–Kier alpha value is -0.960. The number of guanidine groups is 1. The van der Waals surface area contributed by atoms with Gasteiger partial charge >= 0.3 is 0 Å². The second kappa shape index (κ2) is 12.6. The van der Waals surface area contributed by atoms with Gasteiger partial charge in [0.1, 0.15) is 0 Å². The van der Waals surface area contributed by atoms with Crippen LogP contribution >= 0.6 is 35.7 Å². The molecule has 0 radical (unpaired) electrons. The number of carbonyl (C=O) groups excluding carboxylic acids is 1. The average molecular weight is 516 g/mol. The van der Waals surface area contributed by atoms with Crippen LogP contribution in [0.2, 0.25) is 0 Å². The molecule has 2 fully saturated rings. The highest BCUT2D eigenvalue weighted by molar-refractivity contribution is 14.0. The molecule has 0 spiro atoms. The molecule has 0 aromatic heterocycles. The fraction of sp³-hybridized carbons (Fsp3) is 0.619. The molecule has 1 heterocycles. The van der Waals surface area contributed by atoms with Crippen LogP contribution in [0.5, 0.6) is 0 Å². The van der Waals surface area contributed by atoms with E-state index in [0.717, 1.165) is 50.6 Å². The Morgan fingerprint density at radius 1 is 1.18 bits per heavy atom. The summed E-state index contributed by atoms with van der Waals surface area (Å²) in [5.74, 6) is 2.47. The molecule has 2 N–H and O–H groups in total.